The molecule has 0 unspecified atom stereocenters. The van der Waals surface area contributed by atoms with Gasteiger partial charge in [-0.25, -0.2) is 17.4 Å². The molecular formula is C29H23N5O2S. The first kappa shape index (κ1) is 23.9. The molecular weight excluding hydrogens is 482 g/mol. The Morgan fingerprint density at radius 3 is 2.41 bits per heavy atom. The van der Waals surface area contributed by atoms with E-state index in [1.54, 1.807) is 66.9 Å². The smallest absolute Gasteiger partial charge is 0.268 e. The Morgan fingerprint density at radius 1 is 1.00 bits per heavy atom. The number of aromatic nitrogens is 3. The van der Waals surface area contributed by atoms with E-state index in [1.807, 2.05) is 48.0 Å². The second-order valence-electron chi connectivity index (χ2n) is 8.29. The first-order valence-corrected chi connectivity index (χ1v) is 12.9. The van der Waals surface area contributed by atoms with Crippen molar-refractivity contribution in [3.05, 3.63) is 115 Å². The van der Waals surface area contributed by atoms with E-state index < -0.39 is 10.0 Å². The summed E-state index contributed by atoms with van der Waals surface area (Å²) in [7, 11) is -3.85. The molecule has 0 radical (unpaired) electrons. The predicted octanol–water partition coefficient (Wildman–Crippen LogP) is 6.32. The van der Waals surface area contributed by atoms with Crippen LogP contribution in [0.15, 0.2) is 109 Å². The van der Waals surface area contributed by atoms with E-state index in [2.05, 4.69) is 18.0 Å². The average molecular weight is 506 g/mol. The highest BCUT2D eigenvalue weighted by Gasteiger charge is 2.25. The summed E-state index contributed by atoms with van der Waals surface area (Å²) in [5.74, 6) is 1.35. The highest BCUT2D eigenvalue weighted by atomic mass is 32.2. The molecule has 0 aliphatic heterocycles. The molecule has 0 aliphatic rings. The Bertz CT molecular complexity index is 1790. The second kappa shape index (κ2) is 9.64. The summed E-state index contributed by atoms with van der Waals surface area (Å²) in [6, 6.07) is 24.9. The Kier molecular flexibility index (Phi) is 6.22. The highest BCUT2D eigenvalue weighted by molar-refractivity contribution is 7.90. The van der Waals surface area contributed by atoms with Crippen molar-refractivity contribution < 1.29 is 8.42 Å². The molecule has 7 nitrogen and oxygen atoms in total. The number of allylic oxidation sites excluding steroid dienone is 2. The summed E-state index contributed by atoms with van der Waals surface area (Å²) in [5, 5.41) is 13.3. The van der Waals surface area contributed by atoms with Gasteiger partial charge in [0.2, 0.25) is 0 Å². The molecule has 1 N–H and O–H groups in total. The molecule has 0 spiro atoms. The first-order valence-electron chi connectivity index (χ1n) is 11.5. The number of hydrogen-bond donors (Lipinski definition) is 1. The van der Waals surface area contributed by atoms with E-state index in [0.29, 0.717) is 34.0 Å². The van der Waals surface area contributed by atoms with Crippen LogP contribution in [-0.2, 0) is 10.0 Å². The van der Waals surface area contributed by atoms with Gasteiger partial charge in [-0.1, -0.05) is 49.1 Å². The minimum atomic E-state index is -3.85. The monoisotopic (exact) mass is 505 g/mol. The molecule has 0 aliphatic carbocycles. The molecule has 2 heterocycles. The van der Waals surface area contributed by atoms with Crippen LogP contribution in [0.2, 0.25) is 0 Å². The number of rotatable bonds is 7. The van der Waals surface area contributed by atoms with Gasteiger partial charge in [-0.2, -0.15) is 5.26 Å². The van der Waals surface area contributed by atoms with E-state index in [4.69, 9.17) is 10.2 Å². The molecule has 3 aromatic carbocycles. The minimum absolute atomic E-state index is 0.203. The van der Waals surface area contributed by atoms with Gasteiger partial charge >= 0.3 is 0 Å². The van der Waals surface area contributed by atoms with Crippen molar-refractivity contribution in [3.8, 4) is 17.3 Å². The van der Waals surface area contributed by atoms with Gasteiger partial charge in [-0.05, 0) is 55.5 Å². The molecule has 0 atom stereocenters. The van der Waals surface area contributed by atoms with Gasteiger partial charge in [0.25, 0.3) is 10.0 Å². The van der Waals surface area contributed by atoms with E-state index >= 15 is 0 Å². The van der Waals surface area contributed by atoms with Crippen molar-refractivity contribution in [2.24, 2.45) is 0 Å². The van der Waals surface area contributed by atoms with Crippen LogP contribution >= 0.6 is 0 Å². The summed E-state index contributed by atoms with van der Waals surface area (Å²) in [5.41, 5.74) is 3.12. The van der Waals surface area contributed by atoms with Gasteiger partial charge < -0.3 is 5.32 Å². The fourth-order valence-corrected chi connectivity index (χ4v) is 5.58. The molecule has 182 valence electrons. The lowest BCUT2D eigenvalue weighted by molar-refractivity contribution is 0.589. The summed E-state index contributed by atoms with van der Waals surface area (Å²) in [4.78, 5) is 5.04. The van der Waals surface area contributed by atoms with Gasteiger partial charge in [-0.3, -0.25) is 4.57 Å². The average Bonchev–Trinajstić information content (AvgIpc) is 3.46. The van der Waals surface area contributed by atoms with Crippen molar-refractivity contribution >= 4 is 38.6 Å². The summed E-state index contributed by atoms with van der Waals surface area (Å²) in [6.45, 7) is 5.64. The standard InChI is InChI=1S/C29H23N5O2S/c1-3-4-18-33-21(2)31-28(29(33)32-23-16-14-22(19-30)15-17-23)26-20-34(27-13-9-8-12-25(26)27)37(35,36)24-10-6-5-7-11-24/h3-18,20,32H,1H2,2H3/b18-4-. The number of aryl methyl sites for hydroxylation is 1. The zero-order valence-corrected chi connectivity index (χ0v) is 20.9. The predicted molar refractivity (Wildman–Crippen MR) is 147 cm³/mol. The number of anilines is 2. The number of nitrogens with zero attached hydrogens (tertiary/aromatic N) is 4. The quantitative estimate of drug-likeness (QED) is 0.261. The maximum Gasteiger partial charge on any atom is 0.268 e. The number of fused-ring (bicyclic) bond motifs is 1. The maximum absolute atomic E-state index is 13.6. The number of imidazole rings is 1. The molecule has 0 fully saturated rings. The van der Waals surface area contributed by atoms with E-state index in [9.17, 15) is 8.42 Å². The Hall–Kier alpha value is -4.87. The maximum atomic E-state index is 13.6. The van der Waals surface area contributed by atoms with E-state index in [1.165, 1.54) is 3.97 Å². The summed E-state index contributed by atoms with van der Waals surface area (Å²) in [6.07, 6.45) is 6.93. The minimum Gasteiger partial charge on any atom is -0.339 e. The third-order valence-electron chi connectivity index (χ3n) is 5.97. The molecule has 0 saturated carbocycles. The Labute approximate surface area is 215 Å². The topological polar surface area (TPSA) is 92.7 Å². The van der Waals surface area contributed by atoms with Crippen molar-refractivity contribution in [2.45, 2.75) is 11.8 Å². The highest BCUT2D eigenvalue weighted by Crippen LogP contribution is 2.38. The summed E-state index contributed by atoms with van der Waals surface area (Å²) >= 11 is 0. The number of nitrogens with one attached hydrogen (secondary N) is 1. The van der Waals surface area contributed by atoms with Gasteiger partial charge in [0.1, 0.15) is 17.3 Å². The third kappa shape index (κ3) is 4.33. The van der Waals surface area contributed by atoms with Gasteiger partial charge in [0.15, 0.2) is 0 Å². The van der Waals surface area contributed by atoms with Crippen molar-refractivity contribution in [1.82, 2.24) is 13.5 Å². The number of hydrogen-bond acceptors (Lipinski definition) is 5. The molecule has 0 amide bonds. The van der Waals surface area contributed by atoms with Crippen LogP contribution in [-0.4, -0.2) is 21.9 Å². The molecule has 37 heavy (non-hydrogen) atoms. The SMILES string of the molecule is C=C/C=C\n1c(C)nc(-c2cn(S(=O)(=O)c3ccccc3)c3ccccc23)c1Nc1ccc(C#N)cc1. The van der Waals surface area contributed by atoms with Crippen LogP contribution in [0.5, 0.6) is 0 Å². The van der Waals surface area contributed by atoms with E-state index in [-0.39, 0.29) is 4.90 Å². The van der Waals surface area contributed by atoms with Crippen LogP contribution in [0.25, 0.3) is 28.4 Å². The van der Waals surface area contributed by atoms with Crippen molar-refractivity contribution in [3.63, 3.8) is 0 Å². The molecule has 0 saturated heterocycles. The van der Waals surface area contributed by atoms with E-state index in [0.717, 1.165) is 11.1 Å². The zero-order valence-electron chi connectivity index (χ0n) is 20.0. The third-order valence-corrected chi connectivity index (χ3v) is 7.66. The van der Waals surface area contributed by atoms with Crippen molar-refractivity contribution in [1.29, 1.82) is 5.26 Å². The molecule has 5 aromatic rings. The first-order chi connectivity index (χ1) is 17.9. The zero-order chi connectivity index (χ0) is 26.0. The summed E-state index contributed by atoms with van der Waals surface area (Å²) < 4.78 is 30.4. The van der Waals surface area contributed by atoms with Crippen LogP contribution in [0.3, 0.4) is 0 Å². The molecule has 5 rings (SSSR count). The lowest BCUT2D eigenvalue weighted by atomic mass is 10.1. The molecule has 2 aromatic heterocycles. The fraction of sp³-hybridized carbons (Fsp3) is 0.0345. The van der Waals surface area contributed by atoms with Crippen LogP contribution in [0, 0.1) is 18.3 Å². The largest absolute Gasteiger partial charge is 0.339 e. The van der Waals surface area contributed by atoms with Gasteiger partial charge in [-0.15, -0.1) is 0 Å². The van der Waals surface area contributed by atoms with Crippen LogP contribution < -0.4 is 5.32 Å². The number of para-hydroxylation sites is 1. The van der Waals surface area contributed by atoms with Crippen molar-refractivity contribution in [2.75, 3.05) is 5.32 Å². The lowest BCUT2D eigenvalue weighted by Gasteiger charge is -2.11. The van der Waals surface area contributed by atoms with Crippen LogP contribution in [0.1, 0.15) is 11.4 Å². The normalized spacial score (nSPS) is 11.6. The lowest BCUT2D eigenvalue weighted by Crippen LogP contribution is -2.11. The number of nitriles is 1. The van der Waals surface area contributed by atoms with Gasteiger partial charge in [0, 0.05) is 29.0 Å². The second-order valence-corrected chi connectivity index (χ2v) is 10.1. The van der Waals surface area contributed by atoms with Gasteiger partial charge in [0.05, 0.1) is 22.0 Å². The Morgan fingerprint density at radius 2 is 1.70 bits per heavy atom. The fourth-order valence-electron chi connectivity index (χ4n) is 4.19. The number of benzene rings is 3. The molecule has 0 bridgehead atoms. The molecule has 8 heteroatoms. The Balaban J connectivity index is 1.74. The van der Waals surface area contributed by atoms with Crippen LogP contribution in [0.4, 0.5) is 11.5 Å².